The molecule has 0 amide bonds. The van der Waals surface area contributed by atoms with Crippen LogP contribution in [0.4, 0.5) is 8.78 Å². The molecule has 1 heterocycles. The molecule has 0 bridgehead atoms. The molecule has 2 aromatic rings. The van der Waals surface area contributed by atoms with Gasteiger partial charge in [-0.15, -0.1) is 0 Å². The zero-order valence-electron chi connectivity index (χ0n) is 18.8. The van der Waals surface area contributed by atoms with Gasteiger partial charge in [-0.25, -0.2) is 8.78 Å². The van der Waals surface area contributed by atoms with Crippen molar-refractivity contribution in [2.24, 2.45) is 5.92 Å². The zero-order chi connectivity index (χ0) is 22.3. The van der Waals surface area contributed by atoms with Gasteiger partial charge in [0.2, 0.25) is 0 Å². The van der Waals surface area contributed by atoms with E-state index in [9.17, 15) is 13.6 Å². The fraction of sp³-hybridized carbons (Fsp3) is 0.464. The fourth-order valence-electron chi connectivity index (χ4n) is 5.21. The summed E-state index contributed by atoms with van der Waals surface area (Å²) < 4.78 is 27.0. The van der Waals surface area contributed by atoms with E-state index in [1.165, 1.54) is 49.1 Å². The second-order valence-corrected chi connectivity index (χ2v) is 9.24. The zero-order valence-corrected chi connectivity index (χ0v) is 18.8. The van der Waals surface area contributed by atoms with Crippen molar-refractivity contribution in [2.45, 2.75) is 57.8 Å². The highest BCUT2D eigenvalue weighted by atomic mass is 19.1. The summed E-state index contributed by atoms with van der Waals surface area (Å²) in [6, 6.07) is 13.2. The predicted octanol–water partition coefficient (Wildman–Crippen LogP) is 6.79. The minimum atomic E-state index is -0.255. The number of halogens is 2. The first-order chi connectivity index (χ1) is 15.6. The van der Waals surface area contributed by atoms with Crippen LogP contribution in [0.15, 0.2) is 54.1 Å². The van der Waals surface area contributed by atoms with Gasteiger partial charge in [-0.1, -0.05) is 49.1 Å². The van der Waals surface area contributed by atoms with Crippen LogP contribution in [0, 0.1) is 17.6 Å². The van der Waals surface area contributed by atoms with Gasteiger partial charge in [-0.2, -0.15) is 0 Å². The van der Waals surface area contributed by atoms with Crippen molar-refractivity contribution in [3.8, 4) is 0 Å². The summed E-state index contributed by atoms with van der Waals surface area (Å²) in [5.41, 5.74) is 4.37. The fourth-order valence-corrected chi connectivity index (χ4v) is 5.21. The number of nitrogens with zero attached hydrogens (tertiary/aromatic N) is 1. The minimum Gasteiger partial charge on any atom is -0.303 e. The van der Waals surface area contributed by atoms with Crippen molar-refractivity contribution in [1.29, 1.82) is 0 Å². The third kappa shape index (κ3) is 5.92. The number of carbonyl (C=O) groups excluding carboxylic acids is 1. The largest absolute Gasteiger partial charge is 0.303 e. The molecule has 1 aliphatic heterocycles. The smallest absolute Gasteiger partial charge is 0.136 e. The number of likely N-dealkylation sites (tertiary alicyclic amines) is 1. The summed E-state index contributed by atoms with van der Waals surface area (Å²) in [5, 5.41) is 0. The predicted molar refractivity (Wildman–Crippen MR) is 125 cm³/mol. The van der Waals surface area contributed by atoms with E-state index in [-0.39, 0.29) is 11.6 Å². The van der Waals surface area contributed by atoms with Gasteiger partial charge in [0.1, 0.15) is 17.4 Å². The summed E-state index contributed by atoms with van der Waals surface area (Å²) in [6.07, 6.45) is 9.40. The monoisotopic (exact) mass is 437 g/mol. The van der Waals surface area contributed by atoms with Gasteiger partial charge in [0.05, 0.1) is 0 Å². The molecular weight excluding hydrogens is 404 g/mol. The second-order valence-electron chi connectivity index (χ2n) is 9.24. The standard InChI is InChI=1S/C28H33F2NO/c29-25-12-8-22(9-13-25)28(23-10-14-26(30)15-11-23)24-16-19-31(20-17-24)18-4-7-27(32)21-5-2-1-3-6-21/h8-15,21H,1-7,16-20H2. The normalized spacial score (nSPS) is 18.0. The van der Waals surface area contributed by atoms with Gasteiger partial charge in [-0.05, 0) is 79.6 Å². The Kier molecular flexibility index (Phi) is 7.85. The van der Waals surface area contributed by atoms with Crippen molar-refractivity contribution in [2.75, 3.05) is 19.6 Å². The number of ketones is 1. The van der Waals surface area contributed by atoms with Gasteiger partial charge >= 0.3 is 0 Å². The lowest BCUT2D eigenvalue weighted by molar-refractivity contribution is -0.123. The number of benzene rings is 2. The van der Waals surface area contributed by atoms with E-state index in [1.54, 1.807) is 0 Å². The van der Waals surface area contributed by atoms with Crippen LogP contribution in [0.2, 0.25) is 0 Å². The molecule has 2 nitrogen and oxygen atoms in total. The molecule has 2 aromatic carbocycles. The number of piperidine rings is 1. The third-order valence-electron chi connectivity index (χ3n) is 7.04. The molecular formula is C28H33F2NO. The molecule has 170 valence electrons. The molecule has 2 aliphatic rings. The first-order valence-corrected chi connectivity index (χ1v) is 12.1. The molecule has 32 heavy (non-hydrogen) atoms. The van der Waals surface area contributed by atoms with E-state index in [0.717, 1.165) is 68.4 Å². The molecule has 0 atom stereocenters. The maximum Gasteiger partial charge on any atom is 0.136 e. The maximum absolute atomic E-state index is 13.5. The molecule has 4 heteroatoms. The Balaban J connectivity index is 1.38. The molecule has 0 unspecified atom stereocenters. The Labute approximate surface area is 190 Å². The van der Waals surface area contributed by atoms with Gasteiger partial charge in [0.25, 0.3) is 0 Å². The van der Waals surface area contributed by atoms with E-state index >= 15 is 0 Å². The molecule has 2 fully saturated rings. The van der Waals surface area contributed by atoms with E-state index in [2.05, 4.69) is 4.90 Å². The minimum absolute atomic E-state index is 0.255. The van der Waals surface area contributed by atoms with Crippen LogP contribution >= 0.6 is 0 Å². The van der Waals surface area contributed by atoms with Crippen molar-refractivity contribution in [3.63, 3.8) is 0 Å². The number of Topliss-reactive ketones (excluding diaryl/α,β-unsaturated/α-hetero) is 1. The number of carbonyl (C=O) groups is 1. The number of hydrogen-bond acceptors (Lipinski definition) is 2. The summed E-state index contributed by atoms with van der Waals surface area (Å²) in [4.78, 5) is 14.9. The lowest BCUT2D eigenvalue weighted by atomic mass is 9.85. The molecule has 0 N–H and O–H groups in total. The van der Waals surface area contributed by atoms with Crippen LogP contribution in [-0.4, -0.2) is 30.3 Å². The molecule has 0 spiro atoms. The quantitative estimate of drug-likeness (QED) is 0.475. The topological polar surface area (TPSA) is 20.3 Å². The highest BCUT2D eigenvalue weighted by molar-refractivity contribution is 5.82. The van der Waals surface area contributed by atoms with Crippen molar-refractivity contribution in [3.05, 3.63) is 76.9 Å². The average molecular weight is 438 g/mol. The highest BCUT2D eigenvalue weighted by Gasteiger charge is 2.22. The Morgan fingerprint density at radius 2 is 1.34 bits per heavy atom. The van der Waals surface area contributed by atoms with Crippen LogP contribution in [-0.2, 0) is 4.79 Å². The molecule has 4 rings (SSSR count). The molecule has 1 saturated heterocycles. The first-order valence-electron chi connectivity index (χ1n) is 12.1. The SMILES string of the molecule is O=C(CCCN1CCC(=C(c2ccc(F)cc2)c2ccc(F)cc2)CC1)C1CCCCC1. The number of hydrogen-bond donors (Lipinski definition) is 0. The Hall–Kier alpha value is -2.33. The maximum atomic E-state index is 13.5. The van der Waals surface area contributed by atoms with E-state index in [4.69, 9.17) is 0 Å². The van der Waals surface area contributed by atoms with Gasteiger partial charge in [0, 0.05) is 25.4 Å². The van der Waals surface area contributed by atoms with E-state index in [1.807, 2.05) is 24.3 Å². The Morgan fingerprint density at radius 1 is 0.812 bits per heavy atom. The van der Waals surface area contributed by atoms with Gasteiger partial charge < -0.3 is 4.90 Å². The van der Waals surface area contributed by atoms with Crippen LogP contribution in [0.1, 0.15) is 68.9 Å². The summed E-state index contributed by atoms with van der Waals surface area (Å²) in [5.74, 6) is 0.274. The van der Waals surface area contributed by atoms with Crippen LogP contribution in [0.25, 0.3) is 5.57 Å². The Morgan fingerprint density at radius 3 is 1.88 bits per heavy atom. The molecule has 1 saturated carbocycles. The van der Waals surface area contributed by atoms with E-state index in [0.29, 0.717) is 18.1 Å². The first kappa shape index (κ1) is 22.8. The lowest BCUT2D eigenvalue weighted by Gasteiger charge is -2.30. The van der Waals surface area contributed by atoms with Crippen molar-refractivity contribution >= 4 is 11.4 Å². The second kappa shape index (κ2) is 11.0. The lowest BCUT2D eigenvalue weighted by Crippen LogP contribution is -2.32. The highest BCUT2D eigenvalue weighted by Crippen LogP contribution is 2.33. The summed E-state index contributed by atoms with van der Waals surface area (Å²) >= 11 is 0. The summed E-state index contributed by atoms with van der Waals surface area (Å²) in [6.45, 7) is 2.88. The number of rotatable bonds is 7. The van der Waals surface area contributed by atoms with Crippen LogP contribution in [0.5, 0.6) is 0 Å². The molecule has 1 aliphatic carbocycles. The Bertz CT molecular complexity index is 869. The van der Waals surface area contributed by atoms with Gasteiger partial charge in [0.15, 0.2) is 0 Å². The van der Waals surface area contributed by atoms with E-state index < -0.39 is 0 Å². The third-order valence-corrected chi connectivity index (χ3v) is 7.04. The van der Waals surface area contributed by atoms with Crippen molar-refractivity contribution < 1.29 is 13.6 Å². The van der Waals surface area contributed by atoms with Crippen LogP contribution in [0.3, 0.4) is 0 Å². The summed E-state index contributed by atoms with van der Waals surface area (Å²) in [7, 11) is 0. The average Bonchev–Trinajstić information content (AvgIpc) is 2.83. The van der Waals surface area contributed by atoms with Crippen LogP contribution < -0.4 is 0 Å². The molecule has 0 radical (unpaired) electrons. The van der Waals surface area contributed by atoms with Gasteiger partial charge in [-0.3, -0.25) is 4.79 Å². The molecule has 0 aromatic heterocycles. The van der Waals surface area contributed by atoms with Crippen molar-refractivity contribution in [1.82, 2.24) is 4.90 Å².